The van der Waals surface area contributed by atoms with Crippen molar-refractivity contribution < 1.29 is 28.8 Å². The van der Waals surface area contributed by atoms with Crippen molar-refractivity contribution in [2.75, 3.05) is 19.0 Å². The van der Waals surface area contributed by atoms with E-state index < -0.39 is 35.1 Å². The summed E-state index contributed by atoms with van der Waals surface area (Å²) in [6.07, 6.45) is 0. The number of halogens is 2. The van der Waals surface area contributed by atoms with E-state index in [0.29, 0.717) is 5.02 Å². The van der Waals surface area contributed by atoms with Crippen LogP contribution in [-0.4, -0.2) is 36.5 Å². The fraction of sp³-hybridized carbons (Fsp3) is 0.118. The van der Waals surface area contributed by atoms with Crippen LogP contribution in [0, 0.1) is 10.1 Å². The van der Waals surface area contributed by atoms with Crippen molar-refractivity contribution in [3.63, 3.8) is 0 Å². The average Bonchev–Trinajstić information content (AvgIpc) is 2.67. The van der Waals surface area contributed by atoms with Crippen LogP contribution in [-0.2, 0) is 14.3 Å². The maximum Gasteiger partial charge on any atom is 0.338 e. The zero-order valence-electron chi connectivity index (χ0n) is 14.2. The molecule has 0 saturated heterocycles. The molecule has 0 radical (unpaired) electrons. The number of esters is 2. The van der Waals surface area contributed by atoms with Crippen LogP contribution in [0.3, 0.4) is 0 Å². The number of non-ortho nitro benzene ring substituents is 1. The number of benzene rings is 2. The molecule has 2 rings (SSSR count). The van der Waals surface area contributed by atoms with Crippen molar-refractivity contribution in [1.82, 2.24) is 0 Å². The topological polar surface area (TPSA) is 125 Å². The van der Waals surface area contributed by atoms with E-state index in [-0.39, 0.29) is 21.8 Å². The van der Waals surface area contributed by atoms with Gasteiger partial charge in [-0.05, 0) is 24.3 Å². The second kappa shape index (κ2) is 9.16. The molecule has 28 heavy (non-hydrogen) atoms. The number of carbonyl (C=O) groups excluding carboxylic acids is 3. The average molecular weight is 427 g/mol. The highest BCUT2D eigenvalue weighted by molar-refractivity contribution is 6.35. The van der Waals surface area contributed by atoms with Crippen molar-refractivity contribution in [2.45, 2.75) is 0 Å². The van der Waals surface area contributed by atoms with Gasteiger partial charge in [0, 0.05) is 17.2 Å². The third-order valence-electron chi connectivity index (χ3n) is 3.32. The van der Waals surface area contributed by atoms with E-state index in [9.17, 15) is 24.5 Å². The monoisotopic (exact) mass is 426 g/mol. The second-order valence-corrected chi connectivity index (χ2v) is 6.11. The van der Waals surface area contributed by atoms with Crippen molar-refractivity contribution in [2.24, 2.45) is 0 Å². The molecule has 9 nitrogen and oxygen atoms in total. The summed E-state index contributed by atoms with van der Waals surface area (Å²) < 4.78 is 9.32. The van der Waals surface area contributed by atoms with Gasteiger partial charge < -0.3 is 14.8 Å². The Morgan fingerprint density at radius 1 is 1.07 bits per heavy atom. The highest BCUT2D eigenvalue weighted by Gasteiger charge is 2.20. The number of amides is 1. The lowest BCUT2D eigenvalue weighted by molar-refractivity contribution is -0.384. The Morgan fingerprint density at radius 2 is 1.71 bits per heavy atom. The number of methoxy groups -OCH3 is 1. The van der Waals surface area contributed by atoms with Crippen molar-refractivity contribution in [3.05, 3.63) is 67.7 Å². The second-order valence-electron chi connectivity index (χ2n) is 5.27. The number of carbonyl (C=O) groups is 3. The lowest BCUT2D eigenvalue weighted by Gasteiger charge is -2.09. The predicted octanol–water partition coefficient (Wildman–Crippen LogP) is 3.48. The molecule has 0 aliphatic rings. The molecule has 0 heterocycles. The third-order valence-corrected chi connectivity index (χ3v) is 3.89. The zero-order valence-corrected chi connectivity index (χ0v) is 15.7. The number of nitro groups is 1. The molecule has 0 unspecified atom stereocenters. The molecule has 0 bridgehead atoms. The molecule has 0 spiro atoms. The zero-order chi connectivity index (χ0) is 20.8. The molecule has 0 aliphatic heterocycles. The molecule has 11 heteroatoms. The summed E-state index contributed by atoms with van der Waals surface area (Å²) >= 11 is 11.7. The summed E-state index contributed by atoms with van der Waals surface area (Å²) in [6, 6.07) is 7.35. The number of nitrogens with zero attached hydrogens (tertiary/aromatic N) is 1. The Balaban J connectivity index is 2.10. The van der Waals surface area contributed by atoms with Gasteiger partial charge in [0.05, 0.1) is 33.9 Å². The molecular formula is C17H12Cl2N2O7. The predicted molar refractivity (Wildman–Crippen MR) is 99.8 cm³/mol. The van der Waals surface area contributed by atoms with Crippen molar-refractivity contribution >= 4 is 52.4 Å². The third kappa shape index (κ3) is 5.41. The SMILES string of the molecule is COC(=O)c1cc(C(=O)OCC(=O)Nc2cc(Cl)ccc2Cl)cc([N+](=O)[O-])c1. The summed E-state index contributed by atoms with van der Waals surface area (Å²) in [4.78, 5) is 45.9. The summed E-state index contributed by atoms with van der Waals surface area (Å²) in [5, 5.41) is 14.0. The molecule has 1 amide bonds. The first-order valence-electron chi connectivity index (χ1n) is 7.51. The first-order valence-corrected chi connectivity index (χ1v) is 8.26. The molecule has 0 atom stereocenters. The number of nitrogens with one attached hydrogen (secondary N) is 1. The van der Waals surface area contributed by atoms with E-state index in [4.69, 9.17) is 27.9 Å². The number of hydrogen-bond donors (Lipinski definition) is 1. The summed E-state index contributed by atoms with van der Waals surface area (Å²) in [7, 11) is 1.09. The van der Waals surface area contributed by atoms with Gasteiger partial charge in [-0.25, -0.2) is 9.59 Å². The van der Waals surface area contributed by atoms with E-state index >= 15 is 0 Å². The summed E-state index contributed by atoms with van der Waals surface area (Å²) in [5.41, 5.74) is -0.787. The molecular weight excluding hydrogens is 415 g/mol. The Hall–Kier alpha value is -3.17. The summed E-state index contributed by atoms with van der Waals surface area (Å²) in [6.45, 7) is -0.697. The van der Waals surface area contributed by atoms with Crippen LogP contribution in [0.1, 0.15) is 20.7 Å². The van der Waals surface area contributed by atoms with Gasteiger partial charge in [-0.1, -0.05) is 23.2 Å². The molecule has 0 aromatic heterocycles. The molecule has 146 valence electrons. The minimum absolute atomic E-state index is 0.209. The molecule has 0 aliphatic carbocycles. The van der Waals surface area contributed by atoms with Gasteiger partial charge in [-0.3, -0.25) is 14.9 Å². The van der Waals surface area contributed by atoms with E-state index in [0.717, 1.165) is 25.3 Å². The summed E-state index contributed by atoms with van der Waals surface area (Å²) in [5.74, 6) is -2.62. The lowest BCUT2D eigenvalue weighted by Crippen LogP contribution is -2.21. The largest absolute Gasteiger partial charge is 0.465 e. The number of anilines is 1. The van der Waals surface area contributed by atoms with Gasteiger partial charge in [0.1, 0.15) is 0 Å². The van der Waals surface area contributed by atoms with Crippen LogP contribution in [0.5, 0.6) is 0 Å². The lowest BCUT2D eigenvalue weighted by atomic mass is 10.1. The Labute approximate surface area is 168 Å². The van der Waals surface area contributed by atoms with Crippen molar-refractivity contribution in [1.29, 1.82) is 0 Å². The van der Waals surface area contributed by atoms with Gasteiger partial charge in [0.2, 0.25) is 0 Å². The minimum Gasteiger partial charge on any atom is -0.465 e. The molecule has 1 N–H and O–H groups in total. The van der Waals surface area contributed by atoms with Gasteiger partial charge in [-0.15, -0.1) is 0 Å². The van der Waals surface area contributed by atoms with Crippen LogP contribution in [0.2, 0.25) is 10.0 Å². The van der Waals surface area contributed by atoms with Gasteiger partial charge in [0.15, 0.2) is 6.61 Å². The Kier molecular flexibility index (Phi) is 6.91. The van der Waals surface area contributed by atoms with Crippen LogP contribution in [0.15, 0.2) is 36.4 Å². The maximum absolute atomic E-state index is 12.1. The van der Waals surface area contributed by atoms with Gasteiger partial charge in [-0.2, -0.15) is 0 Å². The Bertz CT molecular complexity index is 963. The van der Waals surface area contributed by atoms with Crippen molar-refractivity contribution in [3.8, 4) is 0 Å². The number of nitro benzene ring substituents is 1. The van der Waals surface area contributed by atoms with E-state index in [2.05, 4.69) is 10.1 Å². The highest BCUT2D eigenvalue weighted by atomic mass is 35.5. The number of hydrogen-bond acceptors (Lipinski definition) is 7. The molecule has 2 aromatic rings. The molecule has 0 saturated carbocycles. The standard InChI is InChI=1S/C17H12Cl2N2O7/c1-27-16(23)9-4-10(6-12(5-9)21(25)26)17(24)28-8-15(22)20-14-7-11(18)2-3-13(14)19/h2-7H,8H2,1H3,(H,20,22). The first-order chi connectivity index (χ1) is 13.2. The minimum atomic E-state index is -1.04. The van der Waals surface area contributed by atoms with Crippen LogP contribution in [0.4, 0.5) is 11.4 Å². The van der Waals surface area contributed by atoms with E-state index in [1.165, 1.54) is 18.2 Å². The number of ether oxygens (including phenoxy) is 2. The van der Waals surface area contributed by atoms with Crippen LogP contribution in [0.25, 0.3) is 0 Å². The quantitative estimate of drug-likeness (QED) is 0.425. The van der Waals surface area contributed by atoms with Gasteiger partial charge >= 0.3 is 11.9 Å². The van der Waals surface area contributed by atoms with Crippen LogP contribution < -0.4 is 5.32 Å². The fourth-order valence-corrected chi connectivity index (χ4v) is 2.40. The molecule has 2 aromatic carbocycles. The smallest absolute Gasteiger partial charge is 0.338 e. The van der Waals surface area contributed by atoms with E-state index in [1.54, 1.807) is 0 Å². The first kappa shape index (κ1) is 21.1. The van der Waals surface area contributed by atoms with Crippen LogP contribution >= 0.6 is 23.2 Å². The Morgan fingerprint density at radius 3 is 2.32 bits per heavy atom. The van der Waals surface area contributed by atoms with E-state index in [1.807, 2.05) is 0 Å². The normalized spacial score (nSPS) is 10.1. The maximum atomic E-state index is 12.1. The number of rotatable bonds is 6. The highest BCUT2D eigenvalue weighted by Crippen LogP contribution is 2.25. The fourth-order valence-electron chi connectivity index (χ4n) is 2.06. The van der Waals surface area contributed by atoms with Gasteiger partial charge in [0.25, 0.3) is 11.6 Å². The molecule has 0 fully saturated rings.